The zero-order chi connectivity index (χ0) is 94.8. The predicted molar refractivity (Wildman–Crippen MR) is 682 cm³/mol. The molecule has 6 aliphatic carbocycles. The third-order valence-corrected chi connectivity index (χ3v) is 114. The molecule has 7 aliphatic rings. The van der Waals surface area contributed by atoms with Gasteiger partial charge in [0.05, 0.1) is 44.2 Å². The fourth-order valence-electron chi connectivity index (χ4n) is 21.5. The Morgan fingerprint density at radius 1 is 0.434 bits per heavy atom. The molecule has 1 saturated heterocycles. The summed E-state index contributed by atoms with van der Waals surface area (Å²) in [6.07, 6.45) is 11.3. The summed E-state index contributed by atoms with van der Waals surface area (Å²) >= 11 is 9.60. The van der Waals surface area contributed by atoms with Gasteiger partial charge < -0.3 is 32.5 Å². The number of ether oxygens (including phenoxy) is 5. The number of ketones is 2. The van der Waals surface area contributed by atoms with Gasteiger partial charge in [-0.15, -0.1) is 0 Å². The molecule has 7 fully saturated rings. The highest BCUT2D eigenvalue weighted by molar-refractivity contribution is 8.81. The SMILES string of the molecule is C.C.CC[C@@H]1CC[C@@]23CCC(=O)C2[C@]1(C)[C@H](O[SiH](c1ccccc1)c1ccccc1)C[C@@](C)(CC)C(OCOCc1ccccc1)[C@@H]3C.CC[C@]1(C)C[C@H]2O[Si](c3ccccc3)(c3ccccc3)CC23[C@H](COC(C)=O)CC[C@]2(CCC(=O)[C@@H]32)[C@@H](C)[C@@H]1OCOCc1ccccc1.S=S=S=S=S=S=S=S=S=S=S=S=S=S=S=S=S=S=S=S=S=S=S=S=S=S=S=S=S=S=S=S=S=S=S=S=S=S=S. The molecule has 6 aromatic carbocycles. The van der Waals surface area contributed by atoms with Gasteiger partial charge in [-0.3, -0.25) is 14.4 Å². The predicted octanol–water partition coefficient (Wildman–Crippen LogP) is 16.0. The molecule has 0 radical (unpaired) electrons. The highest BCUT2D eigenvalue weighted by Gasteiger charge is 2.76. The van der Waals surface area contributed by atoms with Gasteiger partial charge in [0.1, 0.15) is 25.2 Å². The average molecular weight is 2600 g/mol. The number of carbonyl (C=O) groups excluding carboxylic acids is 3. The van der Waals surface area contributed by atoms with Crippen LogP contribution in [0.5, 0.6) is 0 Å². The summed E-state index contributed by atoms with van der Waals surface area (Å²) in [5.41, 5.74) is 0.862. The third-order valence-electron chi connectivity index (χ3n) is 27.2. The van der Waals surface area contributed by atoms with E-state index in [1.54, 1.807) is 107 Å². The molecule has 6 aromatic rings. The van der Waals surface area contributed by atoms with E-state index in [9.17, 15) is 14.4 Å². The van der Waals surface area contributed by atoms with Crippen LogP contribution in [-0.2, 0) is 411 Å². The standard InChI is InChI=1S/C42H52O6Si.C41H54O4Si.2CH4.S39/c1-5-40(4)25-37-42(28-49(48-37,34-17-11-7-12-18-34)35-19-13-8-14-20-35)33(27-46-31(3)43)21-23-41(24-22-36(44)38(41)42)30(2)39(40)47-29-45-26-32-15-9-6-10-16-32;1-6-32-23-25-41-26-24-35(42)37(41)40(32,5)36(45-46(33-19-13-9-14-20-33)34-21-15-10-16-22-34)27-39(4,7-2)38(30(41)3)44-29-43-28-31-17-11-8-12-18-31;;;1-3-5-7-9-11-13-15-17-19-21-23-25-27-29-31-33-35-37-39-38-36-34-32-30-28-26-24-22-20-18-16-14-12-10-8-6-4-2/h6-20,30,33,37-39H,5,21-29H2,1-4H3;8-22,30,32,36-38,46H,6-7,23-29H2,1-5H3;2*1H4;/t30-,33-,37+,38+,39-,40+,41-,42?;30-,32+,36+,37?,38?,39+,40-,41-;;;/m00.../s1. The molecule has 51 heteroatoms. The number of hydrogen-bond donors (Lipinski definition) is 0. The maximum atomic E-state index is 14.7. The summed E-state index contributed by atoms with van der Waals surface area (Å²) < 4.78 is 47.6. The van der Waals surface area contributed by atoms with Crippen molar-refractivity contribution in [2.24, 2.45) is 68.0 Å². The molecule has 13 rings (SSSR count). The third kappa shape index (κ3) is 34.5. The van der Waals surface area contributed by atoms with Crippen LogP contribution in [0.25, 0.3) is 0 Å². The highest BCUT2D eigenvalue weighted by atomic mass is 33.5. The van der Waals surface area contributed by atoms with Crippen LogP contribution < -0.4 is 20.7 Å². The lowest BCUT2D eigenvalue weighted by molar-refractivity contribution is -0.225. The topological polar surface area (TPSA) is 116 Å². The second-order valence-corrected chi connectivity index (χ2v) is 104. The van der Waals surface area contributed by atoms with Gasteiger partial charge in [0.15, 0.2) is 0 Å². The van der Waals surface area contributed by atoms with Crippen LogP contribution in [0.3, 0.4) is 0 Å². The van der Waals surface area contributed by atoms with E-state index in [-0.39, 0.29) is 115 Å². The van der Waals surface area contributed by atoms with Crippen molar-refractivity contribution in [2.45, 2.75) is 204 Å². The zero-order valence-electron chi connectivity index (χ0n) is 74.1. The summed E-state index contributed by atoms with van der Waals surface area (Å²) in [4.78, 5) is 41.3. The highest BCUT2D eigenvalue weighted by Crippen LogP contribution is 2.73. The zero-order valence-corrected chi connectivity index (χ0v) is 108. The van der Waals surface area contributed by atoms with Crippen LogP contribution in [0, 0.1) is 68.0 Å². The summed E-state index contributed by atoms with van der Waals surface area (Å²) in [6, 6.07) is 64.6. The molecule has 4 bridgehead atoms. The van der Waals surface area contributed by atoms with E-state index in [4.69, 9.17) is 54.9 Å². The quantitative estimate of drug-likeness (QED) is 0.0296. The molecule has 1 heterocycles. The average Bonchev–Trinajstić information content (AvgIpc) is 1.50. The molecule has 16 atom stereocenters. The van der Waals surface area contributed by atoms with Crippen molar-refractivity contribution in [1.82, 2.24) is 0 Å². The fraction of sp³-hybridized carbons (Fsp3) is 0.541. The normalized spacial score (nSPS) is 26.3. The molecule has 1 spiro atoms. The minimum absolute atomic E-state index is 0. The van der Waals surface area contributed by atoms with Crippen molar-refractivity contribution in [2.75, 3.05) is 20.2 Å². The number of esters is 1. The van der Waals surface area contributed by atoms with Crippen LogP contribution in [0.1, 0.15) is 172 Å². The largest absolute Gasteiger partial charge is 0.466 e. The van der Waals surface area contributed by atoms with Gasteiger partial charge in [0.2, 0.25) is 9.04 Å². The van der Waals surface area contributed by atoms with E-state index in [1.165, 1.54) is 45.4 Å². The van der Waals surface area contributed by atoms with Crippen LogP contribution in [0.15, 0.2) is 182 Å². The fourth-order valence-corrected chi connectivity index (χ4v) is 125. The molecule has 6 saturated carbocycles. The van der Waals surface area contributed by atoms with E-state index >= 15 is 0 Å². The van der Waals surface area contributed by atoms with Gasteiger partial charge in [-0.2, -0.15) is 0 Å². The number of hydrogen-bond acceptors (Lipinski definition) is 12. The molecule has 0 N–H and O–H groups in total. The second-order valence-electron chi connectivity index (χ2n) is 33.2. The first-order chi connectivity index (χ1) is 65.4. The minimum Gasteiger partial charge on any atom is -0.466 e. The van der Waals surface area contributed by atoms with Crippen LogP contribution in [0.2, 0.25) is 6.04 Å². The first-order valence-electron chi connectivity index (χ1n) is 42.5. The Morgan fingerprint density at radius 2 is 0.757 bits per heavy atom. The summed E-state index contributed by atoms with van der Waals surface area (Å²) in [6.45, 7) is 22.2. The first kappa shape index (κ1) is 122. The van der Waals surface area contributed by atoms with Gasteiger partial charge in [-0.1, -0.05) is 259 Å². The molecule has 756 valence electrons. The van der Waals surface area contributed by atoms with Crippen molar-refractivity contribution in [1.29, 1.82) is 0 Å². The molecule has 3 unspecified atom stereocenters. The van der Waals surface area contributed by atoms with Gasteiger partial charge >= 0.3 is 5.97 Å². The Labute approximate surface area is 924 Å². The summed E-state index contributed by atoms with van der Waals surface area (Å²) in [5, 5.41) is 5.06. The van der Waals surface area contributed by atoms with Gasteiger partial charge in [-0.05, 0) is 142 Å². The minimum atomic E-state index is -2.88. The van der Waals surface area contributed by atoms with Gasteiger partial charge in [0, 0.05) is 399 Å². The lowest BCUT2D eigenvalue weighted by Crippen LogP contribution is -2.65. The molecular weight excluding hydrogens is 2490 g/mol. The maximum absolute atomic E-state index is 14.7. The molecule has 0 aromatic heterocycles. The number of rotatable bonds is 21. The molecule has 1 aliphatic heterocycles. The van der Waals surface area contributed by atoms with Crippen LogP contribution in [-0.4, -0.2) is 79.5 Å². The van der Waals surface area contributed by atoms with Crippen molar-refractivity contribution < 1.29 is 46.9 Å². The summed E-state index contributed by atoms with van der Waals surface area (Å²) in [7, 11) is 60.6. The molecule has 10 nitrogen and oxygen atoms in total. The number of benzene rings is 6. The maximum Gasteiger partial charge on any atom is 0.302 e. The lowest BCUT2D eigenvalue weighted by atomic mass is 9.43. The van der Waals surface area contributed by atoms with E-state index in [1.807, 2.05) is 241 Å². The monoisotopic (exact) mass is 2600 g/mol. The number of Topliss-reactive ketones (excluding diaryl/α,β-unsaturated/α-hetero) is 2. The Bertz CT molecular complexity index is 6700. The second kappa shape index (κ2) is 66.0. The van der Waals surface area contributed by atoms with Gasteiger partial charge in [0.25, 0.3) is 8.32 Å². The van der Waals surface area contributed by atoms with E-state index in [0.29, 0.717) is 50.1 Å². The van der Waals surface area contributed by atoms with Crippen molar-refractivity contribution in [3.8, 4) is 0 Å². The molecular formula is C85H114O10S39Si2. The molecule has 136 heavy (non-hydrogen) atoms. The van der Waals surface area contributed by atoms with Crippen LogP contribution >= 0.6 is 0 Å². The Balaban J connectivity index is 0.000000229. The Hall–Kier alpha value is 2.90. The van der Waals surface area contributed by atoms with Crippen LogP contribution in [0.4, 0.5) is 0 Å². The van der Waals surface area contributed by atoms with Crippen molar-refractivity contribution >= 4 is 407 Å². The molecule has 0 amide bonds. The Kier molecular flexibility index (Phi) is 59.4. The van der Waals surface area contributed by atoms with E-state index < -0.39 is 22.8 Å². The smallest absolute Gasteiger partial charge is 0.302 e. The first-order valence-corrected chi connectivity index (χ1v) is 96.9. The Morgan fingerprint density at radius 3 is 1.10 bits per heavy atom. The van der Waals surface area contributed by atoms with E-state index in [0.717, 1.165) is 87.8 Å². The lowest BCUT2D eigenvalue weighted by Gasteiger charge is -2.63. The van der Waals surface area contributed by atoms with Crippen molar-refractivity contribution in [3.63, 3.8) is 0 Å². The van der Waals surface area contributed by atoms with Crippen molar-refractivity contribution in [3.05, 3.63) is 193 Å². The summed E-state index contributed by atoms with van der Waals surface area (Å²) in [5.74, 6) is 1.19. The van der Waals surface area contributed by atoms with E-state index in [2.05, 4.69) is 201 Å². The number of carbonyl (C=O) groups is 3. The van der Waals surface area contributed by atoms with Gasteiger partial charge in [-0.25, -0.2) is 0 Å².